The fraction of sp³-hybridized carbons (Fsp3) is 0.0667. The number of hydrogen-bond acceptors (Lipinski definition) is 4. The van der Waals surface area contributed by atoms with Gasteiger partial charge in [0.25, 0.3) is 5.91 Å². The summed E-state index contributed by atoms with van der Waals surface area (Å²) in [6, 6.07) is 12.0. The fourth-order valence-corrected chi connectivity index (χ4v) is 2.41. The van der Waals surface area contributed by atoms with Crippen molar-refractivity contribution < 1.29 is 13.9 Å². The average molecular weight is 426 g/mol. The summed E-state index contributed by atoms with van der Waals surface area (Å²) in [6.45, 7) is 0. The van der Waals surface area contributed by atoms with Gasteiger partial charge in [-0.05, 0) is 68.3 Å². The van der Waals surface area contributed by atoms with Crippen molar-refractivity contribution in [1.29, 1.82) is 5.26 Å². The van der Waals surface area contributed by atoms with Crippen molar-refractivity contribution in [2.45, 2.75) is 0 Å². The summed E-state index contributed by atoms with van der Waals surface area (Å²) in [6.07, 6.45) is 0. The van der Waals surface area contributed by atoms with E-state index < -0.39 is 5.91 Å². The van der Waals surface area contributed by atoms with Crippen molar-refractivity contribution in [2.24, 2.45) is 0 Å². The molecule has 0 unspecified atom stereocenters. The van der Waals surface area contributed by atoms with Gasteiger partial charge in [-0.1, -0.05) is 0 Å². The van der Waals surface area contributed by atoms with E-state index in [4.69, 9.17) is 9.15 Å². The molecular weight excluding hydrogens is 416 g/mol. The summed E-state index contributed by atoms with van der Waals surface area (Å²) >= 11 is 6.39. The van der Waals surface area contributed by atoms with Crippen molar-refractivity contribution in [1.82, 2.24) is 0 Å². The van der Waals surface area contributed by atoms with E-state index >= 15 is 0 Å². The largest absolute Gasteiger partial charge is 0.497 e. The molecule has 0 bridgehead atoms. The average Bonchev–Trinajstić information content (AvgIpc) is 2.95. The molecule has 0 aliphatic heterocycles. The molecular formula is C15H10Br2N2O3. The molecule has 2 aromatic rings. The van der Waals surface area contributed by atoms with Crippen LogP contribution in [0.3, 0.4) is 0 Å². The molecule has 0 aliphatic rings. The quantitative estimate of drug-likeness (QED) is 0.584. The van der Waals surface area contributed by atoms with Crippen LogP contribution in [0.25, 0.3) is 4.48 Å². The Labute approximate surface area is 143 Å². The number of furan rings is 1. The van der Waals surface area contributed by atoms with E-state index in [2.05, 4.69) is 37.2 Å². The van der Waals surface area contributed by atoms with Gasteiger partial charge in [0, 0.05) is 5.69 Å². The number of amides is 1. The van der Waals surface area contributed by atoms with E-state index in [0.29, 0.717) is 21.9 Å². The van der Waals surface area contributed by atoms with Crippen LogP contribution in [0.2, 0.25) is 0 Å². The number of benzene rings is 1. The number of halogens is 2. The topological polar surface area (TPSA) is 75.3 Å². The predicted octanol–water partition coefficient (Wildman–Crippen LogP) is 4.32. The van der Waals surface area contributed by atoms with Crippen LogP contribution in [-0.2, 0) is 4.79 Å². The maximum Gasteiger partial charge on any atom is 0.267 e. The minimum absolute atomic E-state index is 0.0855. The van der Waals surface area contributed by atoms with Crippen LogP contribution in [-0.4, -0.2) is 13.0 Å². The molecule has 0 saturated carbocycles. The van der Waals surface area contributed by atoms with Gasteiger partial charge in [-0.25, -0.2) is 0 Å². The molecule has 1 heterocycles. The third kappa shape index (κ3) is 3.78. The summed E-state index contributed by atoms with van der Waals surface area (Å²) < 4.78 is 11.2. The number of anilines is 1. The lowest BCUT2D eigenvalue weighted by Crippen LogP contribution is -2.14. The first-order valence-electron chi connectivity index (χ1n) is 6.06. The molecule has 1 amide bonds. The van der Waals surface area contributed by atoms with Gasteiger partial charge in [-0.3, -0.25) is 4.79 Å². The number of nitriles is 1. The molecule has 0 atom stereocenters. The maximum absolute atomic E-state index is 12.2. The molecule has 0 saturated heterocycles. The van der Waals surface area contributed by atoms with Crippen molar-refractivity contribution in [3.63, 3.8) is 0 Å². The number of nitrogens with zero attached hydrogens (tertiary/aromatic N) is 1. The molecule has 5 nitrogen and oxygen atoms in total. The molecule has 7 heteroatoms. The summed E-state index contributed by atoms with van der Waals surface area (Å²) in [5.74, 6) is 0.524. The Balaban J connectivity index is 2.23. The lowest BCUT2D eigenvalue weighted by atomic mass is 10.2. The molecule has 0 aliphatic carbocycles. The maximum atomic E-state index is 12.2. The summed E-state index contributed by atoms with van der Waals surface area (Å²) in [4.78, 5) is 12.2. The first-order chi connectivity index (χ1) is 10.5. The van der Waals surface area contributed by atoms with Crippen molar-refractivity contribution in [3.05, 3.63) is 52.4 Å². The van der Waals surface area contributed by atoms with Crippen LogP contribution >= 0.6 is 31.9 Å². The molecule has 0 radical (unpaired) electrons. The van der Waals surface area contributed by atoms with Crippen LogP contribution in [0, 0.1) is 11.3 Å². The Morgan fingerprint density at radius 3 is 2.45 bits per heavy atom. The lowest BCUT2D eigenvalue weighted by molar-refractivity contribution is -0.112. The second-order valence-electron chi connectivity index (χ2n) is 4.09. The summed E-state index contributed by atoms with van der Waals surface area (Å²) in [5, 5.41) is 11.9. The number of rotatable bonds is 4. The number of nitrogens with one attached hydrogen (secondary N) is 1. The third-order valence-electron chi connectivity index (χ3n) is 2.70. The molecule has 0 fully saturated rings. The number of carbonyl (C=O) groups is 1. The third-order valence-corrected chi connectivity index (χ3v) is 3.91. The zero-order chi connectivity index (χ0) is 16.1. The van der Waals surface area contributed by atoms with Crippen LogP contribution in [0.15, 0.2) is 51.1 Å². The van der Waals surface area contributed by atoms with E-state index in [1.54, 1.807) is 43.5 Å². The minimum Gasteiger partial charge on any atom is -0.497 e. The number of methoxy groups -OCH3 is 1. The Morgan fingerprint density at radius 1 is 1.27 bits per heavy atom. The highest BCUT2D eigenvalue weighted by Crippen LogP contribution is 2.29. The highest BCUT2D eigenvalue weighted by Gasteiger charge is 2.17. The first kappa shape index (κ1) is 16.3. The highest BCUT2D eigenvalue weighted by molar-refractivity contribution is 9.15. The van der Waals surface area contributed by atoms with Gasteiger partial charge in [-0.2, -0.15) is 5.26 Å². The zero-order valence-electron chi connectivity index (χ0n) is 11.4. The van der Waals surface area contributed by atoms with Crippen molar-refractivity contribution in [2.75, 3.05) is 12.4 Å². The normalized spacial score (nSPS) is 11.4. The second-order valence-corrected chi connectivity index (χ2v) is 5.66. The van der Waals surface area contributed by atoms with Crippen LogP contribution in [0.4, 0.5) is 5.69 Å². The van der Waals surface area contributed by atoms with Gasteiger partial charge >= 0.3 is 0 Å². The molecule has 1 N–H and O–H groups in total. The molecule has 1 aromatic carbocycles. The standard InChI is InChI=1S/C15H10Br2N2O3/c1-21-10-4-2-9(3-5-10)19-15(20)11(8-18)14(17)12-6-7-13(16)22-12/h2-7H,1H3,(H,19,20). The number of ether oxygens (including phenoxy) is 1. The van der Waals surface area contributed by atoms with E-state index in [-0.39, 0.29) is 10.1 Å². The van der Waals surface area contributed by atoms with Gasteiger partial charge in [0.2, 0.25) is 0 Å². The first-order valence-corrected chi connectivity index (χ1v) is 7.64. The predicted molar refractivity (Wildman–Crippen MR) is 89.5 cm³/mol. The van der Waals surface area contributed by atoms with E-state index in [9.17, 15) is 10.1 Å². The number of carbonyl (C=O) groups excluding carboxylic acids is 1. The Kier molecular flexibility index (Phi) is 5.41. The minimum atomic E-state index is -0.535. The zero-order valence-corrected chi connectivity index (χ0v) is 14.6. The molecule has 2 rings (SSSR count). The van der Waals surface area contributed by atoms with Crippen LogP contribution in [0.1, 0.15) is 5.76 Å². The highest BCUT2D eigenvalue weighted by atomic mass is 79.9. The molecule has 1 aromatic heterocycles. The lowest BCUT2D eigenvalue weighted by Gasteiger charge is -2.06. The van der Waals surface area contributed by atoms with Gasteiger partial charge in [0.1, 0.15) is 23.2 Å². The molecule has 0 spiro atoms. The van der Waals surface area contributed by atoms with Gasteiger partial charge in [0.15, 0.2) is 4.67 Å². The second kappa shape index (κ2) is 7.29. The van der Waals surface area contributed by atoms with Gasteiger partial charge < -0.3 is 14.5 Å². The van der Waals surface area contributed by atoms with E-state index in [1.807, 2.05) is 6.07 Å². The van der Waals surface area contributed by atoms with Gasteiger partial charge in [0.05, 0.1) is 11.6 Å². The summed E-state index contributed by atoms with van der Waals surface area (Å²) in [7, 11) is 1.56. The smallest absolute Gasteiger partial charge is 0.267 e. The Bertz CT molecular complexity index is 758. The molecule has 112 valence electrons. The van der Waals surface area contributed by atoms with Crippen molar-refractivity contribution >= 4 is 47.9 Å². The SMILES string of the molecule is COc1ccc(NC(=O)C(C#N)=C(Br)c2ccc(Br)o2)cc1. The van der Waals surface area contributed by atoms with Crippen molar-refractivity contribution in [3.8, 4) is 11.8 Å². The van der Waals surface area contributed by atoms with E-state index in [0.717, 1.165) is 0 Å². The molecule has 22 heavy (non-hydrogen) atoms. The fourth-order valence-electron chi connectivity index (χ4n) is 1.62. The Hall–Kier alpha value is -2.04. The summed E-state index contributed by atoms with van der Waals surface area (Å²) in [5.41, 5.74) is 0.470. The van der Waals surface area contributed by atoms with Crippen LogP contribution in [0.5, 0.6) is 5.75 Å². The van der Waals surface area contributed by atoms with Gasteiger partial charge in [-0.15, -0.1) is 0 Å². The Morgan fingerprint density at radius 2 is 1.95 bits per heavy atom. The van der Waals surface area contributed by atoms with Crippen LogP contribution < -0.4 is 10.1 Å². The van der Waals surface area contributed by atoms with E-state index in [1.165, 1.54) is 0 Å². The monoisotopic (exact) mass is 424 g/mol. The number of hydrogen-bond donors (Lipinski definition) is 1.